The third-order valence-corrected chi connectivity index (χ3v) is 3.47. The molecule has 1 aromatic carbocycles. The first-order valence-corrected chi connectivity index (χ1v) is 6.97. The van der Waals surface area contributed by atoms with E-state index in [2.05, 4.69) is 25.7 Å². The number of hydrogen-bond acceptors (Lipinski definition) is 3. The minimum atomic E-state index is 0.174. The number of likely N-dealkylation sites (N-methyl/N-ethyl adjacent to an activating group) is 1. The van der Waals surface area contributed by atoms with Crippen LogP contribution in [0.25, 0.3) is 0 Å². The van der Waals surface area contributed by atoms with E-state index < -0.39 is 0 Å². The number of carbonyl (C=O) groups is 1. The summed E-state index contributed by atoms with van der Waals surface area (Å²) in [7, 11) is 1.69. The fourth-order valence-electron chi connectivity index (χ4n) is 2.13. The number of ether oxygens (including phenoxy) is 1. The SMILES string of the molecule is CCc1ccc(C(=O)CN(CC)C(C)COC)cc1. The van der Waals surface area contributed by atoms with Crippen molar-refractivity contribution in [2.75, 3.05) is 26.8 Å². The van der Waals surface area contributed by atoms with Crippen LogP contribution in [0.3, 0.4) is 0 Å². The first kappa shape index (κ1) is 15.9. The van der Waals surface area contributed by atoms with Gasteiger partial charge in [-0.25, -0.2) is 0 Å². The van der Waals surface area contributed by atoms with E-state index in [0.29, 0.717) is 13.2 Å². The lowest BCUT2D eigenvalue weighted by Crippen LogP contribution is -2.39. The smallest absolute Gasteiger partial charge is 0.176 e. The van der Waals surface area contributed by atoms with Crippen LogP contribution in [0, 0.1) is 0 Å². The summed E-state index contributed by atoms with van der Waals surface area (Å²) in [5.74, 6) is 0.174. The topological polar surface area (TPSA) is 29.5 Å². The molecule has 106 valence electrons. The molecule has 0 fully saturated rings. The molecule has 0 N–H and O–H groups in total. The number of carbonyl (C=O) groups excluding carboxylic acids is 1. The van der Waals surface area contributed by atoms with E-state index in [1.54, 1.807) is 7.11 Å². The molecule has 1 aromatic rings. The molecule has 0 aliphatic carbocycles. The van der Waals surface area contributed by atoms with Gasteiger partial charge in [0.15, 0.2) is 5.78 Å². The van der Waals surface area contributed by atoms with Gasteiger partial charge in [0.05, 0.1) is 13.2 Å². The van der Waals surface area contributed by atoms with Gasteiger partial charge in [-0.2, -0.15) is 0 Å². The van der Waals surface area contributed by atoms with Gasteiger partial charge in [-0.3, -0.25) is 9.69 Å². The van der Waals surface area contributed by atoms with E-state index in [0.717, 1.165) is 18.5 Å². The Morgan fingerprint density at radius 2 is 1.89 bits per heavy atom. The standard InChI is InChI=1S/C16H25NO2/c1-5-14-7-9-15(10-8-14)16(18)11-17(6-2)13(3)12-19-4/h7-10,13H,5-6,11-12H2,1-4H3. The molecule has 0 bridgehead atoms. The van der Waals surface area contributed by atoms with Crippen molar-refractivity contribution >= 4 is 5.78 Å². The van der Waals surface area contributed by atoms with Gasteiger partial charge in [0, 0.05) is 18.7 Å². The molecule has 0 radical (unpaired) electrons. The highest BCUT2D eigenvalue weighted by Gasteiger charge is 2.16. The largest absolute Gasteiger partial charge is 0.383 e. The number of nitrogens with zero attached hydrogens (tertiary/aromatic N) is 1. The second kappa shape index (κ2) is 8.08. The molecule has 0 saturated carbocycles. The van der Waals surface area contributed by atoms with Crippen molar-refractivity contribution in [1.29, 1.82) is 0 Å². The Morgan fingerprint density at radius 1 is 1.26 bits per heavy atom. The lowest BCUT2D eigenvalue weighted by molar-refractivity contribution is 0.0788. The second-order valence-electron chi connectivity index (χ2n) is 4.84. The zero-order valence-electron chi connectivity index (χ0n) is 12.5. The van der Waals surface area contributed by atoms with Crippen molar-refractivity contribution in [2.24, 2.45) is 0 Å². The maximum absolute atomic E-state index is 12.2. The molecule has 0 aliphatic rings. The van der Waals surface area contributed by atoms with Crippen molar-refractivity contribution in [3.8, 4) is 0 Å². The third-order valence-electron chi connectivity index (χ3n) is 3.47. The number of hydrogen-bond donors (Lipinski definition) is 0. The molecule has 0 heterocycles. The maximum atomic E-state index is 12.2. The Labute approximate surface area is 116 Å². The predicted molar refractivity (Wildman–Crippen MR) is 78.7 cm³/mol. The van der Waals surface area contributed by atoms with Gasteiger partial charge in [0.2, 0.25) is 0 Å². The average molecular weight is 263 g/mol. The number of Topliss-reactive ketones (excluding diaryl/α,β-unsaturated/α-hetero) is 1. The summed E-state index contributed by atoms with van der Waals surface area (Å²) in [6, 6.07) is 8.17. The molecule has 19 heavy (non-hydrogen) atoms. The fourth-order valence-corrected chi connectivity index (χ4v) is 2.13. The predicted octanol–water partition coefficient (Wildman–Crippen LogP) is 2.79. The first-order chi connectivity index (χ1) is 9.12. The highest BCUT2D eigenvalue weighted by atomic mass is 16.5. The Hall–Kier alpha value is -1.19. The highest BCUT2D eigenvalue weighted by molar-refractivity contribution is 5.97. The summed E-state index contributed by atoms with van der Waals surface area (Å²) < 4.78 is 5.15. The zero-order valence-corrected chi connectivity index (χ0v) is 12.5. The van der Waals surface area contributed by atoms with Gasteiger partial charge in [0.1, 0.15) is 0 Å². The van der Waals surface area contributed by atoms with E-state index in [9.17, 15) is 4.79 Å². The number of ketones is 1. The average Bonchev–Trinajstić information content (AvgIpc) is 2.44. The Balaban J connectivity index is 2.65. The van der Waals surface area contributed by atoms with Crippen LogP contribution in [0.2, 0.25) is 0 Å². The number of benzene rings is 1. The van der Waals surface area contributed by atoms with Gasteiger partial charge in [-0.05, 0) is 25.5 Å². The molecule has 0 aliphatic heterocycles. The summed E-state index contributed by atoms with van der Waals surface area (Å²) in [6.07, 6.45) is 1.00. The number of aryl methyl sites for hydroxylation is 1. The third kappa shape index (κ3) is 4.77. The number of rotatable bonds is 8. The quantitative estimate of drug-likeness (QED) is 0.675. The summed E-state index contributed by atoms with van der Waals surface area (Å²) in [4.78, 5) is 14.4. The molecular weight excluding hydrogens is 238 g/mol. The Morgan fingerprint density at radius 3 is 2.37 bits per heavy atom. The van der Waals surface area contributed by atoms with E-state index in [-0.39, 0.29) is 11.8 Å². The van der Waals surface area contributed by atoms with Crippen LogP contribution < -0.4 is 0 Å². The molecule has 3 nitrogen and oxygen atoms in total. The van der Waals surface area contributed by atoms with Gasteiger partial charge in [-0.15, -0.1) is 0 Å². The van der Waals surface area contributed by atoms with Crippen LogP contribution in [-0.2, 0) is 11.2 Å². The van der Waals surface area contributed by atoms with E-state index in [1.165, 1.54) is 5.56 Å². The molecular formula is C16H25NO2. The summed E-state index contributed by atoms with van der Waals surface area (Å²) in [6.45, 7) is 8.22. The molecule has 0 spiro atoms. The highest BCUT2D eigenvalue weighted by Crippen LogP contribution is 2.08. The molecule has 1 rings (SSSR count). The minimum Gasteiger partial charge on any atom is -0.383 e. The van der Waals surface area contributed by atoms with Crippen LogP contribution in [0.1, 0.15) is 36.7 Å². The summed E-state index contributed by atoms with van der Waals surface area (Å²) >= 11 is 0. The first-order valence-electron chi connectivity index (χ1n) is 6.97. The van der Waals surface area contributed by atoms with Crippen LogP contribution in [0.15, 0.2) is 24.3 Å². The maximum Gasteiger partial charge on any atom is 0.176 e. The number of methoxy groups -OCH3 is 1. The monoisotopic (exact) mass is 263 g/mol. The Bertz CT molecular complexity index is 386. The van der Waals surface area contributed by atoms with Crippen molar-refractivity contribution in [3.05, 3.63) is 35.4 Å². The zero-order chi connectivity index (χ0) is 14.3. The molecule has 3 heteroatoms. The molecule has 1 atom stereocenters. The molecule has 1 unspecified atom stereocenters. The van der Waals surface area contributed by atoms with E-state index >= 15 is 0 Å². The van der Waals surface area contributed by atoms with Gasteiger partial charge in [-0.1, -0.05) is 38.1 Å². The van der Waals surface area contributed by atoms with Crippen LogP contribution in [0.5, 0.6) is 0 Å². The van der Waals surface area contributed by atoms with Crippen molar-refractivity contribution in [1.82, 2.24) is 4.90 Å². The minimum absolute atomic E-state index is 0.174. The molecule has 0 saturated heterocycles. The van der Waals surface area contributed by atoms with Crippen molar-refractivity contribution in [3.63, 3.8) is 0 Å². The van der Waals surface area contributed by atoms with Gasteiger partial charge < -0.3 is 4.74 Å². The summed E-state index contributed by atoms with van der Waals surface area (Å²) in [5, 5.41) is 0. The van der Waals surface area contributed by atoms with Crippen LogP contribution in [-0.4, -0.2) is 43.5 Å². The van der Waals surface area contributed by atoms with Crippen molar-refractivity contribution < 1.29 is 9.53 Å². The second-order valence-corrected chi connectivity index (χ2v) is 4.84. The van der Waals surface area contributed by atoms with Gasteiger partial charge in [0.25, 0.3) is 0 Å². The molecule has 0 aromatic heterocycles. The van der Waals surface area contributed by atoms with Crippen molar-refractivity contribution in [2.45, 2.75) is 33.2 Å². The lowest BCUT2D eigenvalue weighted by atomic mass is 10.1. The fraction of sp³-hybridized carbons (Fsp3) is 0.562. The van der Waals surface area contributed by atoms with Gasteiger partial charge >= 0.3 is 0 Å². The lowest BCUT2D eigenvalue weighted by Gasteiger charge is -2.26. The summed E-state index contributed by atoms with van der Waals surface area (Å²) in [5.41, 5.74) is 2.05. The van der Waals surface area contributed by atoms with Crippen LogP contribution in [0.4, 0.5) is 0 Å². The Kier molecular flexibility index (Phi) is 6.74. The van der Waals surface area contributed by atoms with E-state index in [1.807, 2.05) is 24.3 Å². The van der Waals surface area contributed by atoms with E-state index in [4.69, 9.17) is 4.74 Å². The molecule has 0 amide bonds. The normalized spacial score (nSPS) is 12.7. The van der Waals surface area contributed by atoms with Crippen LogP contribution >= 0.6 is 0 Å².